The molecule has 146 valence electrons. The molecule has 6 nitrogen and oxygen atoms in total. The van der Waals surface area contributed by atoms with Gasteiger partial charge in [-0.25, -0.2) is 9.97 Å². The SMILES string of the molecule is O=C(CC12CC3CC(CC1C3)C2)NCCN1CCN(c2ncccn2)CC1. The van der Waals surface area contributed by atoms with Crippen LogP contribution in [-0.4, -0.2) is 60.0 Å². The van der Waals surface area contributed by atoms with Gasteiger partial charge >= 0.3 is 0 Å². The summed E-state index contributed by atoms with van der Waals surface area (Å²) >= 11 is 0. The second-order valence-corrected chi connectivity index (χ2v) is 9.31. The van der Waals surface area contributed by atoms with E-state index in [2.05, 4.69) is 25.1 Å². The van der Waals surface area contributed by atoms with Crippen molar-refractivity contribution >= 4 is 11.9 Å². The van der Waals surface area contributed by atoms with E-state index < -0.39 is 0 Å². The zero-order valence-corrected chi connectivity index (χ0v) is 16.1. The highest BCUT2D eigenvalue weighted by atomic mass is 16.1. The molecule has 27 heavy (non-hydrogen) atoms. The van der Waals surface area contributed by atoms with Crippen LogP contribution in [0.3, 0.4) is 0 Å². The number of amides is 1. The Kier molecular flexibility index (Phi) is 4.54. The molecular weight excluding hydrogens is 338 g/mol. The first-order valence-corrected chi connectivity index (χ1v) is 10.7. The van der Waals surface area contributed by atoms with E-state index in [1.165, 1.54) is 32.1 Å². The first kappa shape index (κ1) is 17.4. The molecule has 1 aromatic rings. The van der Waals surface area contributed by atoms with E-state index in [1.807, 2.05) is 6.07 Å². The van der Waals surface area contributed by atoms with Gasteiger partial charge in [-0.2, -0.15) is 0 Å². The first-order chi connectivity index (χ1) is 13.2. The van der Waals surface area contributed by atoms with Crippen molar-refractivity contribution in [3.8, 4) is 0 Å². The lowest BCUT2D eigenvalue weighted by Gasteiger charge is -2.35. The molecule has 5 fully saturated rings. The Labute approximate surface area is 161 Å². The van der Waals surface area contributed by atoms with Crippen LogP contribution in [0, 0.1) is 23.2 Å². The van der Waals surface area contributed by atoms with Gasteiger partial charge in [-0.05, 0) is 61.3 Å². The molecule has 4 aliphatic carbocycles. The number of anilines is 1. The van der Waals surface area contributed by atoms with Crippen LogP contribution in [0.15, 0.2) is 18.5 Å². The molecule has 1 amide bonds. The molecule has 2 atom stereocenters. The number of rotatable bonds is 6. The maximum atomic E-state index is 12.6. The van der Waals surface area contributed by atoms with Crippen LogP contribution in [0.5, 0.6) is 0 Å². The van der Waals surface area contributed by atoms with Crippen molar-refractivity contribution in [2.24, 2.45) is 23.2 Å². The third-order valence-corrected chi connectivity index (χ3v) is 7.63. The van der Waals surface area contributed by atoms with Gasteiger partial charge in [-0.1, -0.05) is 0 Å². The van der Waals surface area contributed by atoms with Gasteiger partial charge < -0.3 is 10.2 Å². The lowest BCUT2D eigenvalue weighted by atomic mass is 9.73. The van der Waals surface area contributed by atoms with Crippen molar-refractivity contribution in [2.45, 2.75) is 38.5 Å². The van der Waals surface area contributed by atoms with Crippen LogP contribution in [0.4, 0.5) is 5.95 Å². The summed E-state index contributed by atoms with van der Waals surface area (Å²) < 4.78 is 0. The molecule has 6 heteroatoms. The Balaban J connectivity index is 1.04. The third kappa shape index (κ3) is 3.44. The summed E-state index contributed by atoms with van der Waals surface area (Å²) in [7, 11) is 0. The zero-order chi connectivity index (χ0) is 18.3. The summed E-state index contributed by atoms with van der Waals surface area (Å²) in [5.74, 6) is 3.82. The summed E-state index contributed by atoms with van der Waals surface area (Å²) in [4.78, 5) is 25.9. The number of nitrogens with one attached hydrogen (secondary N) is 1. The summed E-state index contributed by atoms with van der Waals surface area (Å²) in [5, 5.41) is 3.22. The Hall–Kier alpha value is -1.69. The van der Waals surface area contributed by atoms with Crippen LogP contribution >= 0.6 is 0 Å². The van der Waals surface area contributed by atoms with E-state index in [0.29, 0.717) is 11.3 Å². The fourth-order valence-corrected chi connectivity index (χ4v) is 6.62. The molecule has 0 radical (unpaired) electrons. The van der Waals surface area contributed by atoms with E-state index in [1.54, 1.807) is 12.4 Å². The van der Waals surface area contributed by atoms with Gasteiger partial charge in [0.1, 0.15) is 0 Å². The van der Waals surface area contributed by atoms with Crippen LogP contribution in [0.1, 0.15) is 38.5 Å². The second kappa shape index (κ2) is 7.04. The van der Waals surface area contributed by atoms with Gasteiger partial charge in [-0.3, -0.25) is 9.69 Å². The second-order valence-electron chi connectivity index (χ2n) is 9.31. The fourth-order valence-electron chi connectivity index (χ4n) is 6.62. The van der Waals surface area contributed by atoms with Crippen molar-refractivity contribution < 1.29 is 4.79 Å². The first-order valence-electron chi connectivity index (χ1n) is 10.7. The maximum absolute atomic E-state index is 12.6. The molecule has 2 unspecified atom stereocenters. The van der Waals surface area contributed by atoms with Gasteiger partial charge in [0.2, 0.25) is 11.9 Å². The van der Waals surface area contributed by atoms with Crippen molar-refractivity contribution in [3.63, 3.8) is 0 Å². The van der Waals surface area contributed by atoms with Gasteiger partial charge in [0.15, 0.2) is 0 Å². The van der Waals surface area contributed by atoms with Crippen molar-refractivity contribution in [1.82, 2.24) is 20.2 Å². The molecule has 2 heterocycles. The lowest BCUT2D eigenvalue weighted by molar-refractivity contribution is -0.124. The maximum Gasteiger partial charge on any atom is 0.225 e. The highest BCUT2D eigenvalue weighted by Gasteiger charge is 2.57. The molecule has 6 rings (SSSR count). The number of aromatic nitrogens is 2. The highest BCUT2D eigenvalue weighted by molar-refractivity contribution is 5.76. The molecule has 4 saturated carbocycles. The Morgan fingerprint density at radius 3 is 2.48 bits per heavy atom. The number of hydrogen-bond acceptors (Lipinski definition) is 5. The minimum Gasteiger partial charge on any atom is -0.355 e. The molecular formula is C21H31N5O. The number of nitrogens with zero attached hydrogens (tertiary/aromatic N) is 4. The van der Waals surface area contributed by atoms with Crippen molar-refractivity contribution in [2.75, 3.05) is 44.2 Å². The van der Waals surface area contributed by atoms with Crippen LogP contribution in [-0.2, 0) is 4.79 Å². The smallest absolute Gasteiger partial charge is 0.225 e. The van der Waals surface area contributed by atoms with E-state index in [-0.39, 0.29) is 0 Å². The average Bonchev–Trinajstić information content (AvgIpc) is 3.06. The largest absolute Gasteiger partial charge is 0.355 e. The predicted octanol–water partition coefficient (Wildman–Crippen LogP) is 1.93. The van der Waals surface area contributed by atoms with Gasteiger partial charge in [0.05, 0.1) is 0 Å². The average molecular weight is 370 g/mol. The molecule has 1 N–H and O–H groups in total. The number of carbonyl (C=O) groups excluding carboxylic acids is 1. The summed E-state index contributed by atoms with van der Waals surface area (Å²) in [6.07, 6.45) is 11.3. The number of hydrogen-bond donors (Lipinski definition) is 1. The minimum absolute atomic E-state index is 0.291. The minimum atomic E-state index is 0.291. The summed E-state index contributed by atoms with van der Waals surface area (Å²) in [5.41, 5.74) is 0.374. The molecule has 1 aliphatic heterocycles. The van der Waals surface area contributed by atoms with Crippen LogP contribution in [0.2, 0.25) is 0 Å². The number of carbonyl (C=O) groups is 1. The predicted molar refractivity (Wildman–Crippen MR) is 104 cm³/mol. The fraction of sp³-hybridized carbons (Fsp3) is 0.762. The molecule has 4 bridgehead atoms. The zero-order valence-electron chi connectivity index (χ0n) is 16.1. The van der Waals surface area contributed by atoms with Gasteiger partial charge in [-0.15, -0.1) is 0 Å². The molecule has 0 spiro atoms. The van der Waals surface area contributed by atoms with Crippen LogP contribution in [0.25, 0.3) is 0 Å². The highest BCUT2D eigenvalue weighted by Crippen LogP contribution is 2.66. The Bertz CT molecular complexity index is 658. The van der Waals surface area contributed by atoms with E-state index in [0.717, 1.165) is 69.4 Å². The molecule has 5 aliphatic rings. The van der Waals surface area contributed by atoms with Gasteiger partial charge in [0.25, 0.3) is 0 Å². The lowest BCUT2D eigenvalue weighted by Crippen LogP contribution is -2.49. The Morgan fingerprint density at radius 1 is 1.07 bits per heavy atom. The molecule has 1 saturated heterocycles. The normalized spacial score (nSPS) is 35.0. The van der Waals surface area contributed by atoms with Gasteiger partial charge in [0, 0.05) is 58.1 Å². The van der Waals surface area contributed by atoms with E-state index >= 15 is 0 Å². The summed E-state index contributed by atoms with van der Waals surface area (Å²) in [6, 6.07) is 1.85. The molecule has 0 aromatic carbocycles. The van der Waals surface area contributed by atoms with Crippen molar-refractivity contribution in [3.05, 3.63) is 18.5 Å². The van der Waals surface area contributed by atoms with E-state index in [4.69, 9.17) is 0 Å². The monoisotopic (exact) mass is 369 g/mol. The third-order valence-electron chi connectivity index (χ3n) is 7.63. The number of piperazine rings is 1. The quantitative estimate of drug-likeness (QED) is 0.830. The van der Waals surface area contributed by atoms with E-state index in [9.17, 15) is 4.79 Å². The van der Waals surface area contributed by atoms with Crippen molar-refractivity contribution in [1.29, 1.82) is 0 Å². The van der Waals surface area contributed by atoms with Crippen LogP contribution < -0.4 is 10.2 Å². The summed E-state index contributed by atoms with van der Waals surface area (Å²) in [6.45, 7) is 5.62. The standard InChI is InChI=1S/C21H31N5O/c27-19(15-21-13-16-10-17(14-21)12-18(21)11-16)22-4-5-25-6-8-26(9-7-25)20-23-2-1-3-24-20/h1-3,16-18H,4-15H2,(H,22,27). The molecule has 1 aromatic heterocycles. The Morgan fingerprint density at radius 2 is 1.78 bits per heavy atom. The topological polar surface area (TPSA) is 61.4 Å².